The van der Waals surface area contributed by atoms with Crippen LogP contribution in [-0.2, 0) is 6.61 Å². The summed E-state index contributed by atoms with van der Waals surface area (Å²) in [6.45, 7) is 2.48. The Morgan fingerprint density at radius 2 is 1.83 bits per heavy atom. The van der Waals surface area contributed by atoms with Gasteiger partial charge in [0.15, 0.2) is 11.5 Å². The molecule has 3 rings (SSSR count). The number of nitrogens with zero attached hydrogens (tertiary/aromatic N) is 1. The second kappa shape index (κ2) is 9.65. The highest BCUT2D eigenvalue weighted by Gasteiger charge is 2.12. The fraction of sp³-hybridized carbons (Fsp3) is 0.125. The van der Waals surface area contributed by atoms with Crippen molar-refractivity contribution in [2.75, 3.05) is 7.11 Å². The van der Waals surface area contributed by atoms with E-state index in [1.807, 2.05) is 42.5 Å². The smallest absolute Gasteiger partial charge is 0.162 e. The van der Waals surface area contributed by atoms with Crippen molar-refractivity contribution in [2.24, 2.45) is 0 Å². The standard InChI is InChI=1S/C24H19BrClNO2/c1-16-7-9-17(10-8-16)15-29-24-13-21(25)18(12-23(24)28-2)11-19(14-27)20-5-3-4-6-22(20)26/h3-13H,15H2,1-2H3. The first-order chi connectivity index (χ1) is 14.0. The van der Waals surface area contributed by atoms with Crippen molar-refractivity contribution >= 4 is 39.2 Å². The number of ether oxygens (including phenoxy) is 2. The third-order valence-corrected chi connectivity index (χ3v) is 5.40. The van der Waals surface area contributed by atoms with Gasteiger partial charge < -0.3 is 9.47 Å². The van der Waals surface area contributed by atoms with Crippen molar-refractivity contribution in [3.8, 4) is 17.6 Å². The molecule has 0 aromatic heterocycles. The third-order valence-electron chi connectivity index (χ3n) is 4.38. The summed E-state index contributed by atoms with van der Waals surface area (Å²) in [5, 5.41) is 10.1. The summed E-state index contributed by atoms with van der Waals surface area (Å²) in [5.41, 5.74) is 4.22. The lowest BCUT2D eigenvalue weighted by molar-refractivity contribution is 0.284. The molecule has 0 amide bonds. The summed E-state index contributed by atoms with van der Waals surface area (Å²) >= 11 is 9.82. The summed E-state index contributed by atoms with van der Waals surface area (Å²) in [5.74, 6) is 1.20. The molecule has 3 aromatic carbocycles. The lowest BCUT2D eigenvalue weighted by Crippen LogP contribution is -1.98. The average molecular weight is 469 g/mol. The monoisotopic (exact) mass is 467 g/mol. The van der Waals surface area contributed by atoms with Crippen LogP contribution in [0.2, 0.25) is 5.02 Å². The zero-order chi connectivity index (χ0) is 20.8. The lowest BCUT2D eigenvalue weighted by Gasteiger charge is -2.13. The quantitative estimate of drug-likeness (QED) is 0.287. The van der Waals surface area contributed by atoms with E-state index in [4.69, 9.17) is 21.1 Å². The second-order valence-corrected chi connectivity index (χ2v) is 7.71. The van der Waals surface area contributed by atoms with Crippen LogP contribution in [0.3, 0.4) is 0 Å². The summed E-state index contributed by atoms with van der Waals surface area (Å²) in [6.07, 6.45) is 1.78. The fourth-order valence-corrected chi connectivity index (χ4v) is 3.46. The van der Waals surface area contributed by atoms with Crippen LogP contribution >= 0.6 is 27.5 Å². The summed E-state index contributed by atoms with van der Waals surface area (Å²) < 4.78 is 12.3. The fourth-order valence-electron chi connectivity index (χ4n) is 2.78. The highest BCUT2D eigenvalue weighted by atomic mass is 79.9. The molecule has 0 N–H and O–H groups in total. The van der Waals surface area contributed by atoms with Gasteiger partial charge in [0.1, 0.15) is 6.61 Å². The Morgan fingerprint density at radius 1 is 1.10 bits per heavy atom. The van der Waals surface area contributed by atoms with Gasteiger partial charge in [-0.3, -0.25) is 0 Å². The molecule has 5 heteroatoms. The summed E-state index contributed by atoms with van der Waals surface area (Å²) in [4.78, 5) is 0. The molecule has 0 bridgehead atoms. The van der Waals surface area contributed by atoms with Crippen molar-refractivity contribution in [3.63, 3.8) is 0 Å². The molecule has 0 aliphatic rings. The topological polar surface area (TPSA) is 42.2 Å². The molecular weight excluding hydrogens is 450 g/mol. The Morgan fingerprint density at radius 3 is 2.48 bits per heavy atom. The van der Waals surface area contributed by atoms with Crippen LogP contribution < -0.4 is 9.47 Å². The van der Waals surface area contributed by atoms with Gasteiger partial charge in [0.2, 0.25) is 0 Å². The minimum atomic E-state index is 0.432. The molecule has 0 saturated carbocycles. The van der Waals surface area contributed by atoms with Gasteiger partial charge in [-0.2, -0.15) is 5.26 Å². The van der Waals surface area contributed by atoms with Gasteiger partial charge in [-0.15, -0.1) is 0 Å². The van der Waals surface area contributed by atoms with Crippen LogP contribution in [-0.4, -0.2) is 7.11 Å². The Hall–Kier alpha value is -2.74. The molecule has 0 unspecified atom stereocenters. The van der Waals surface area contributed by atoms with E-state index in [-0.39, 0.29) is 0 Å². The molecule has 0 atom stereocenters. The Labute approximate surface area is 184 Å². The first-order valence-electron chi connectivity index (χ1n) is 8.94. The molecule has 29 heavy (non-hydrogen) atoms. The molecule has 0 radical (unpaired) electrons. The second-order valence-electron chi connectivity index (χ2n) is 6.45. The Bertz CT molecular complexity index is 1090. The number of hydrogen-bond donors (Lipinski definition) is 0. The number of methoxy groups -OCH3 is 1. The van der Waals surface area contributed by atoms with Crippen LogP contribution in [0.1, 0.15) is 22.3 Å². The van der Waals surface area contributed by atoms with Crippen molar-refractivity contribution < 1.29 is 9.47 Å². The van der Waals surface area contributed by atoms with E-state index in [1.165, 1.54) is 5.56 Å². The van der Waals surface area contributed by atoms with Crippen molar-refractivity contribution in [2.45, 2.75) is 13.5 Å². The Balaban J connectivity index is 1.90. The van der Waals surface area contributed by atoms with Crippen molar-refractivity contribution in [1.82, 2.24) is 0 Å². The first-order valence-corrected chi connectivity index (χ1v) is 10.1. The zero-order valence-electron chi connectivity index (χ0n) is 16.1. The van der Waals surface area contributed by atoms with Crippen molar-refractivity contribution in [3.05, 3.63) is 92.4 Å². The molecule has 146 valence electrons. The lowest BCUT2D eigenvalue weighted by atomic mass is 10.0. The van der Waals surface area contributed by atoms with E-state index in [0.29, 0.717) is 34.3 Å². The van der Waals surface area contributed by atoms with E-state index < -0.39 is 0 Å². The molecular formula is C24H19BrClNO2. The van der Waals surface area contributed by atoms with Gasteiger partial charge in [0.05, 0.1) is 18.8 Å². The number of aryl methyl sites for hydroxylation is 1. The zero-order valence-corrected chi connectivity index (χ0v) is 18.4. The van der Waals surface area contributed by atoms with Crippen LogP contribution in [0.15, 0.2) is 65.1 Å². The van der Waals surface area contributed by atoms with E-state index in [1.54, 1.807) is 19.3 Å². The highest BCUT2D eigenvalue weighted by molar-refractivity contribution is 9.10. The minimum absolute atomic E-state index is 0.432. The maximum atomic E-state index is 9.62. The number of rotatable bonds is 6. The number of hydrogen-bond acceptors (Lipinski definition) is 3. The van der Waals surface area contributed by atoms with Gasteiger partial charge in [0.25, 0.3) is 0 Å². The largest absolute Gasteiger partial charge is 0.493 e. The van der Waals surface area contributed by atoms with Crippen LogP contribution in [0, 0.1) is 18.3 Å². The minimum Gasteiger partial charge on any atom is -0.493 e. The van der Waals surface area contributed by atoms with Crippen LogP contribution in [0.25, 0.3) is 11.6 Å². The van der Waals surface area contributed by atoms with E-state index >= 15 is 0 Å². The van der Waals surface area contributed by atoms with E-state index in [9.17, 15) is 5.26 Å². The number of halogens is 2. The molecule has 0 spiro atoms. The molecule has 0 saturated heterocycles. The van der Waals surface area contributed by atoms with E-state index in [0.717, 1.165) is 15.6 Å². The average Bonchev–Trinajstić information content (AvgIpc) is 2.73. The molecule has 0 heterocycles. The predicted octanol–water partition coefficient (Wildman–Crippen LogP) is 7.06. The van der Waals surface area contributed by atoms with Crippen molar-refractivity contribution in [1.29, 1.82) is 5.26 Å². The maximum Gasteiger partial charge on any atom is 0.162 e. The highest BCUT2D eigenvalue weighted by Crippen LogP contribution is 2.36. The van der Waals surface area contributed by atoms with E-state index in [2.05, 4.69) is 41.1 Å². The van der Waals surface area contributed by atoms with Gasteiger partial charge in [-0.05, 0) is 42.3 Å². The number of nitriles is 1. The molecule has 0 aliphatic carbocycles. The SMILES string of the molecule is COc1cc(C=C(C#N)c2ccccc2Cl)c(Br)cc1OCc1ccc(C)cc1. The predicted molar refractivity (Wildman–Crippen MR) is 121 cm³/mol. The number of allylic oxidation sites excluding steroid dienone is 1. The summed E-state index contributed by atoms with van der Waals surface area (Å²) in [7, 11) is 1.59. The number of benzene rings is 3. The van der Waals surface area contributed by atoms with Gasteiger partial charge in [-0.1, -0.05) is 75.6 Å². The molecule has 3 aromatic rings. The van der Waals surface area contributed by atoms with Gasteiger partial charge in [0, 0.05) is 15.1 Å². The molecule has 0 fully saturated rings. The maximum absolute atomic E-state index is 9.62. The molecule has 3 nitrogen and oxygen atoms in total. The Kier molecular flexibility index (Phi) is 6.98. The normalized spacial score (nSPS) is 11.1. The van der Waals surface area contributed by atoms with Gasteiger partial charge >= 0.3 is 0 Å². The summed E-state index contributed by atoms with van der Waals surface area (Å²) in [6, 6.07) is 21.4. The van der Waals surface area contributed by atoms with Crippen LogP contribution in [0.5, 0.6) is 11.5 Å². The first kappa shape index (κ1) is 21.0. The van der Waals surface area contributed by atoms with Gasteiger partial charge in [-0.25, -0.2) is 0 Å². The molecule has 0 aliphatic heterocycles. The van der Waals surface area contributed by atoms with Crippen LogP contribution in [0.4, 0.5) is 0 Å². The third kappa shape index (κ3) is 5.20.